The van der Waals surface area contributed by atoms with Crippen molar-refractivity contribution < 1.29 is 14.0 Å². The average molecular weight is 240 g/mol. The lowest BCUT2D eigenvalue weighted by Crippen LogP contribution is -2.40. The number of carboxylic acids is 1. The summed E-state index contributed by atoms with van der Waals surface area (Å²) < 4.78 is 22.8. The number of allylic oxidation sites excluding steroid dienone is 2. The summed E-state index contributed by atoms with van der Waals surface area (Å²) >= 11 is 0. The number of aliphatic carboxylic acids is 1. The molecule has 0 aromatic heterocycles. The highest BCUT2D eigenvalue weighted by atomic mass is 16.4. The van der Waals surface area contributed by atoms with Crippen LogP contribution in [0.2, 0.25) is 0 Å². The second-order valence-corrected chi connectivity index (χ2v) is 5.84. The average Bonchev–Trinajstić information content (AvgIpc) is 2.37. The molecule has 0 unspecified atom stereocenters. The van der Waals surface area contributed by atoms with Gasteiger partial charge in [0.2, 0.25) is 0 Å². The van der Waals surface area contributed by atoms with Crippen molar-refractivity contribution in [3.05, 3.63) is 11.6 Å². The Morgan fingerprint density at radius 3 is 2.94 bits per heavy atom. The molecule has 5 atom stereocenters. The topological polar surface area (TPSA) is 37.3 Å². The van der Waals surface area contributed by atoms with E-state index in [0.717, 1.165) is 19.3 Å². The van der Waals surface area contributed by atoms with Crippen LogP contribution in [-0.4, -0.2) is 11.1 Å². The van der Waals surface area contributed by atoms with Crippen molar-refractivity contribution in [1.29, 1.82) is 0 Å². The second kappa shape index (κ2) is 4.83. The van der Waals surface area contributed by atoms with E-state index < -0.39 is 12.8 Å². The highest BCUT2D eigenvalue weighted by Gasteiger charge is 2.42. The molecule has 0 aliphatic heterocycles. The largest absolute Gasteiger partial charge is 0.481 e. The predicted octanol–water partition coefficient (Wildman–Crippen LogP) is 3.73. The van der Waals surface area contributed by atoms with Gasteiger partial charge in [-0.05, 0) is 49.8 Å². The van der Waals surface area contributed by atoms with Crippen molar-refractivity contribution in [2.75, 3.05) is 0 Å². The van der Waals surface area contributed by atoms with E-state index in [1.165, 1.54) is 0 Å². The predicted molar refractivity (Wildman–Crippen MR) is 68.7 cm³/mol. The summed E-state index contributed by atoms with van der Waals surface area (Å²) in [6.45, 7) is 1.96. The Labute approximate surface area is 108 Å². The maximum atomic E-state index is 11.3. The molecule has 0 radical (unpaired) electrons. The molecule has 0 aromatic carbocycles. The summed E-state index contributed by atoms with van der Waals surface area (Å²) in [7, 11) is 0. The first-order chi connectivity index (χ1) is 9.21. The third-order valence-electron chi connectivity index (χ3n) is 4.91. The van der Waals surface area contributed by atoms with E-state index in [1.807, 2.05) is 6.08 Å². The molecule has 96 valence electrons. The van der Waals surface area contributed by atoms with Crippen molar-refractivity contribution in [3.63, 3.8) is 0 Å². The van der Waals surface area contributed by atoms with E-state index in [1.54, 1.807) is 6.92 Å². The minimum atomic E-state index is -2.03. The zero-order valence-electron chi connectivity index (χ0n) is 13.6. The van der Waals surface area contributed by atoms with Crippen LogP contribution in [0, 0.1) is 29.6 Å². The zero-order chi connectivity index (χ0) is 15.1. The van der Waals surface area contributed by atoms with Crippen LogP contribution >= 0.6 is 0 Å². The van der Waals surface area contributed by atoms with E-state index in [-0.39, 0.29) is 17.8 Å². The summed E-state index contributed by atoms with van der Waals surface area (Å²) in [5.41, 5.74) is 0.537. The smallest absolute Gasteiger partial charge is 0.306 e. The van der Waals surface area contributed by atoms with E-state index in [4.69, 9.17) is 4.11 Å². The van der Waals surface area contributed by atoms with Gasteiger partial charge in [-0.1, -0.05) is 31.9 Å². The number of hydrogen-bond acceptors (Lipinski definition) is 1. The first kappa shape index (κ1) is 9.18. The highest BCUT2D eigenvalue weighted by Crippen LogP contribution is 2.48. The molecule has 0 bridgehead atoms. The van der Waals surface area contributed by atoms with E-state index in [0.29, 0.717) is 23.8 Å². The van der Waals surface area contributed by atoms with Gasteiger partial charge in [0.15, 0.2) is 0 Å². The molecule has 1 saturated carbocycles. The Balaban J connectivity index is 2.24. The monoisotopic (exact) mass is 240 g/mol. The fraction of sp³-hybridized carbons (Fsp3) is 0.800. The van der Waals surface area contributed by atoms with Crippen LogP contribution in [0.15, 0.2) is 11.6 Å². The molecular formula is C15H24O2. The van der Waals surface area contributed by atoms with Gasteiger partial charge >= 0.3 is 5.97 Å². The van der Waals surface area contributed by atoms with Crippen LogP contribution in [0.1, 0.15) is 50.5 Å². The standard InChI is InChI=1S/C15H24O2/c1-9-4-6-12-10(2)5-7-13(14(12)8-9)11(3)15(16)17/h4,10-14H,5-8H2,1-3H3,(H,16,17)/t10-,11-,12+,13+,14+/m1/s1/i1+1D3. The Bertz CT molecular complexity index is 414. The third-order valence-corrected chi connectivity index (χ3v) is 4.91. The van der Waals surface area contributed by atoms with Crippen molar-refractivity contribution in [1.82, 2.24) is 0 Å². The number of fused-ring (bicyclic) bond motifs is 1. The lowest BCUT2D eigenvalue weighted by molar-refractivity contribution is -0.145. The number of rotatable bonds is 2. The number of hydrogen-bond donors (Lipinski definition) is 1. The minimum Gasteiger partial charge on any atom is -0.481 e. The maximum absolute atomic E-state index is 11.3. The molecular weight excluding hydrogens is 213 g/mol. The number of carbonyl (C=O) groups is 1. The van der Waals surface area contributed by atoms with Crippen LogP contribution in [-0.2, 0) is 4.79 Å². The fourth-order valence-corrected chi connectivity index (χ4v) is 3.75. The minimum absolute atomic E-state index is 0.111. The van der Waals surface area contributed by atoms with Gasteiger partial charge in [-0.3, -0.25) is 4.79 Å². The van der Waals surface area contributed by atoms with Crippen molar-refractivity contribution in [3.8, 4) is 0 Å². The summed E-state index contributed by atoms with van der Waals surface area (Å²) in [5.74, 6) is 0.192. The van der Waals surface area contributed by atoms with Crippen molar-refractivity contribution in [2.45, 2.75) is 46.4 Å². The fourth-order valence-electron chi connectivity index (χ4n) is 3.75. The van der Waals surface area contributed by atoms with Gasteiger partial charge < -0.3 is 5.11 Å². The molecule has 0 aromatic rings. The van der Waals surface area contributed by atoms with Crippen LogP contribution in [0.25, 0.3) is 0 Å². The van der Waals surface area contributed by atoms with Crippen LogP contribution in [0.4, 0.5) is 0 Å². The molecule has 2 aliphatic carbocycles. The molecule has 1 N–H and O–H groups in total. The highest BCUT2D eigenvalue weighted by molar-refractivity contribution is 5.70. The van der Waals surface area contributed by atoms with Gasteiger partial charge in [0.05, 0.1) is 5.92 Å². The molecule has 17 heavy (non-hydrogen) atoms. The molecule has 2 aliphatic rings. The second-order valence-electron chi connectivity index (χ2n) is 5.84. The van der Waals surface area contributed by atoms with Gasteiger partial charge in [-0.2, -0.15) is 0 Å². The Morgan fingerprint density at radius 2 is 2.29 bits per heavy atom. The van der Waals surface area contributed by atoms with E-state index in [2.05, 4.69) is 6.92 Å². The lowest BCUT2D eigenvalue weighted by atomic mass is 9.59. The zero-order valence-corrected chi connectivity index (χ0v) is 10.6. The summed E-state index contributed by atoms with van der Waals surface area (Å²) in [5, 5.41) is 9.29. The van der Waals surface area contributed by atoms with Gasteiger partial charge in [0.25, 0.3) is 0 Å². The van der Waals surface area contributed by atoms with Crippen molar-refractivity contribution >= 4 is 5.97 Å². The SMILES string of the molecule is [2H][13C]([2H])([2H])C1=CC[C@@H]2[C@H](C1)[C@H]([C@@H](C)C(=O)O)CC[C@H]2C. The molecule has 2 nitrogen and oxygen atoms in total. The van der Waals surface area contributed by atoms with Crippen LogP contribution < -0.4 is 0 Å². The van der Waals surface area contributed by atoms with E-state index in [9.17, 15) is 9.90 Å². The van der Waals surface area contributed by atoms with Crippen LogP contribution in [0.5, 0.6) is 0 Å². The third kappa shape index (κ3) is 2.41. The van der Waals surface area contributed by atoms with Gasteiger partial charge in [0, 0.05) is 4.11 Å². The molecule has 0 amide bonds. The molecule has 1 fully saturated rings. The van der Waals surface area contributed by atoms with Gasteiger partial charge in [-0.15, -0.1) is 0 Å². The Hall–Kier alpha value is -0.790. The first-order valence-corrected chi connectivity index (χ1v) is 6.64. The summed E-state index contributed by atoms with van der Waals surface area (Å²) in [4.78, 5) is 11.3. The molecule has 0 saturated heterocycles. The normalized spacial score (nSPS) is 42.5. The number of carboxylic acid groups (broad SMARTS) is 1. The first-order valence-electron chi connectivity index (χ1n) is 8.14. The Kier molecular flexibility index (Phi) is 2.61. The summed E-state index contributed by atoms with van der Waals surface area (Å²) in [6.07, 6.45) is 5.19. The molecule has 0 heterocycles. The Morgan fingerprint density at radius 1 is 1.53 bits per heavy atom. The summed E-state index contributed by atoms with van der Waals surface area (Å²) in [6, 6.07) is 0. The lowest BCUT2D eigenvalue weighted by Gasteiger charge is -2.45. The molecule has 2 rings (SSSR count). The maximum Gasteiger partial charge on any atom is 0.306 e. The van der Waals surface area contributed by atoms with Crippen molar-refractivity contribution in [2.24, 2.45) is 29.6 Å². The molecule has 0 spiro atoms. The van der Waals surface area contributed by atoms with Gasteiger partial charge in [-0.25, -0.2) is 0 Å². The van der Waals surface area contributed by atoms with E-state index >= 15 is 0 Å². The van der Waals surface area contributed by atoms with Gasteiger partial charge in [0.1, 0.15) is 0 Å². The molecule has 2 heteroatoms. The quantitative estimate of drug-likeness (QED) is 0.590. The van der Waals surface area contributed by atoms with Crippen LogP contribution in [0.3, 0.4) is 0 Å².